The predicted molar refractivity (Wildman–Crippen MR) is 156 cm³/mol. The summed E-state index contributed by atoms with van der Waals surface area (Å²) in [7, 11) is 0. The van der Waals surface area contributed by atoms with Crippen LogP contribution in [0, 0.1) is 50.7 Å². The zero-order valence-corrected chi connectivity index (χ0v) is 27.0. The third-order valence-electron chi connectivity index (χ3n) is 16.3. The van der Waals surface area contributed by atoms with E-state index in [1.165, 1.54) is 32.1 Å². The van der Waals surface area contributed by atoms with Gasteiger partial charge < -0.3 is 39.0 Å². The van der Waals surface area contributed by atoms with E-state index in [1.807, 2.05) is 0 Å². The monoisotopic (exact) mass is 602 g/mol. The maximum absolute atomic E-state index is 10.6. The highest BCUT2D eigenvalue weighted by molar-refractivity contribution is 5.32. The van der Waals surface area contributed by atoms with Gasteiger partial charge in [0.05, 0.1) is 25.4 Å². The van der Waals surface area contributed by atoms with Crippen molar-refractivity contribution in [3.05, 3.63) is 0 Å². The minimum atomic E-state index is -1.24. The first kappa shape index (κ1) is 28.9. The van der Waals surface area contributed by atoms with E-state index < -0.39 is 30.4 Å². The van der Waals surface area contributed by atoms with Gasteiger partial charge in [0.1, 0.15) is 30.0 Å². The minimum absolute atomic E-state index is 0.0177. The largest absolute Gasteiger partial charge is 0.388 e. The fourth-order valence-corrected chi connectivity index (χ4v) is 14.2. The van der Waals surface area contributed by atoms with Gasteiger partial charge in [-0.3, -0.25) is 0 Å². The van der Waals surface area contributed by atoms with E-state index in [0.29, 0.717) is 41.1 Å². The summed E-state index contributed by atoms with van der Waals surface area (Å²) < 4.78 is 31.9. The number of aliphatic hydroxyl groups is 3. The fourth-order valence-electron chi connectivity index (χ4n) is 14.2. The van der Waals surface area contributed by atoms with E-state index in [4.69, 9.17) is 23.7 Å². The lowest BCUT2D eigenvalue weighted by atomic mass is 9.41. The Labute approximate surface area is 256 Å². The van der Waals surface area contributed by atoms with Gasteiger partial charge in [-0.1, -0.05) is 34.6 Å². The summed E-state index contributed by atoms with van der Waals surface area (Å²) in [5.74, 6) is 1.86. The molecule has 17 atom stereocenters. The van der Waals surface area contributed by atoms with Crippen molar-refractivity contribution >= 4 is 0 Å². The van der Waals surface area contributed by atoms with E-state index in [1.54, 1.807) is 0 Å². The third kappa shape index (κ3) is 3.27. The molecule has 8 nitrogen and oxygen atoms in total. The summed E-state index contributed by atoms with van der Waals surface area (Å²) in [6.07, 6.45) is 6.47. The van der Waals surface area contributed by atoms with Gasteiger partial charge in [-0.05, 0) is 109 Å². The zero-order chi connectivity index (χ0) is 30.2. The zero-order valence-electron chi connectivity index (χ0n) is 27.0. The normalized spacial score (nSPS) is 65.9. The van der Waals surface area contributed by atoms with Crippen molar-refractivity contribution in [2.24, 2.45) is 50.7 Å². The number of hydrogen-bond acceptors (Lipinski definition) is 8. The summed E-state index contributed by atoms with van der Waals surface area (Å²) in [6.45, 7) is 15.3. The van der Waals surface area contributed by atoms with Crippen molar-refractivity contribution in [3.63, 3.8) is 0 Å². The van der Waals surface area contributed by atoms with Gasteiger partial charge >= 0.3 is 0 Å². The average Bonchev–Trinajstić information content (AvgIpc) is 3.77. The van der Waals surface area contributed by atoms with Crippen LogP contribution in [0.4, 0.5) is 0 Å². The Morgan fingerprint density at radius 2 is 1.53 bits per heavy atom. The Bertz CT molecular complexity index is 1210. The summed E-state index contributed by atoms with van der Waals surface area (Å²) in [5, 5.41) is 30.8. The van der Waals surface area contributed by atoms with Crippen LogP contribution < -0.4 is 0 Å². The number of hydrogen-bond donors (Lipinski definition) is 3. The Morgan fingerprint density at radius 1 is 0.791 bits per heavy atom. The Kier molecular flexibility index (Phi) is 5.63. The van der Waals surface area contributed by atoms with Crippen LogP contribution in [0.2, 0.25) is 0 Å². The smallest absolute Gasteiger partial charge is 0.198 e. The molecule has 5 aliphatic carbocycles. The minimum Gasteiger partial charge on any atom is -0.388 e. The molecule has 3 N–H and O–H groups in total. The molecule has 2 unspecified atom stereocenters. The second kappa shape index (κ2) is 8.39. The van der Waals surface area contributed by atoms with Crippen LogP contribution in [-0.4, -0.2) is 82.8 Å². The van der Waals surface area contributed by atoms with Crippen molar-refractivity contribution in [2.75, 3.05) is 13.2 Å². The molecule has 5 saturated carbocycles. The summed E-state index contributed by atoms with van der Waals surface area (Å²) >= 11 is 0. The molecular weight excluding hydrogens is 548 g/mol. The highest BCUT2D eigenvalue weighted by atomic mass is 16.8. The molecular formula is C35H54O8. The third-order valence-corrected chi connectivity index (χ3v) is 16.3. The van der Waals surface area contributed by atoms with E-state index in [9.17, 15) is 15.3 Å². The van der Waals surface area contributed by atoms with Crippen molar-refractivity contribution in [3.8, 4) is 0 Å². The molecule has 0 aromatic rings. The molecule has 0 amide bonds. The topological polar surface area (TPSA) is 110 Å². The molecule has 3 spiro atoms. The maximum atomic E-state index is 10.6. The number of fused-ring (bicyclic) bond motifs is 6. The van der Waals surface area contributed by atoms with Crippen LogP contribution in [-0.2, 0) is 23.7 Å². The lowest BCUT2D eigenvalue weighted by Gasteiger charge is -2.63. The van der Waals surface area contributed by atoms with Crippen molar-refractivity contribution in [1.82, 2.24) is 0 Å². The highest BCUT2D eigenvalue weighted by Crippen LogP contribution is 2.89. The van der Waals surface area contributed by atoms with Gasteiger partial charge in [0.2, 0.25) is 0 Å². The lowest BCUT2D eigenvalue weighted by Crippen LogP contribution is -2.60. The quantitative estimate of drug-likeness (QED) is 0.319. The Morgan fingerprint density at radius 3 is 2.26 bits per heavy atom. The average molecular weight is 603 g/mol. The first-order valence-electron chi connectivity index (χ1n) is 17.5. The highest BCUT2D eigenvalue weighted by Gasteiger charge is 2.84. The van der Waals surface area contributed by atoms with Crippen molar-refractivity contribution < 1.29 is 39.0 Å². The molecule has 9 rings (SSSR count). The van der Waals surface area contributed by atoms with Crippen molar-refractivity contribution in [2.45, 2.75) is 154 Å². The van der Waals surface area contributed by atoms with Crippen molar-refractivity contribution in [1.29, 1.82) is 0 Å². The van der Waals surface area contributed by atoms with Gasteiger partial charge in [0.25, 0.3) is 0 Å². The molecule has 4 aliphatic heterocycles. The first-order valence-corrected chi connectivity index (χ1v) is 17.5. The predicted octanol–water partition coefficient (Wildman–Crippen LogP) is 4.17. The summed E-state index contributed by atoms with van der Waals surface area (Å²) in [4.78, 5) is 0. The molecule has 43 heavy (non-hydrogen) atoms. The second-order valence-electron chi connectivity index (χ2n) is 18.2. The molecule has 9 aliphatic rings. The molecule has 8 heteroatoms. The van der Waals surface area contributed by atoms with Gasteiger partial charge in [0.15, 0.2) is 12.1 Å². The number of ether oxygens (including phenoxy) is 5. The maximum Gasteiger partial charge on any atom is 0.198 e. The molecule has 4 heterocycles. The Balaban J connectivity index is 0.975. The van der Waals surface area contributed by atoms with E-state index >= 15 is 0 Å². The SMILES string of the molecule is C[C@@H]1CC2(OC[C@]3(C)O[C@H]23)O[C@H]2C[C@@]3(C)[C@@H]4CC[C@H]5C(C)(C)C(O[C@@H]6OC[C@@H](O)[C@H](O)[C@H]6O)CC[C@@]56C[C@@]46CC[C@]3(C)[C@@H]12. The van der Waals surface area contributed by atoms with Gasteiger partial charge in [0, 0.05) is 6.42 Å². The Hall–Kier alpha value is -0.320. The van der Waals surface area contributed by atoms with Gasteiger partial charge in [-0.2, -0.15) is 0 Å². The van der Waals surface area contributed by atoms with Crippen LogP contribution in [0.25, 0.3) is 0 Å². The summed E-state index contributed by atoms with van der Waals surface area (Å²) in [6, 6.07) is 0. The van der Waals surface area contributed by atoms with Crippen LogP contribution in [0.5, 0.6) is 0 Å². The van der Waals surface area contributed by atoms with E-state index in [2.05, 4.69) is 41.5 Å². The molecule has 242 valence electrons. The number of aliphatic hydroxyl groups excluding tert-OH is 3. The lowest BCUT2D eigenvalue weighted by molar-refractivity contribution is -0.305. The van der Waals surface area contributed by atoms with Gasteiger partial charge in [-0.25, -0.2) is 0 Å². The van der Waals surface area contributed by atoms with Crippen LogP contribution >= 0.6 is 0 Å². The summed E-state index contributed by atoms with van der Waals surface area (Å²) in [5.41, 5.74) is 1.08. The fraction of sp³-hybridized carbons (Fsp3) is 1.00. The molecule has 4 saturated heterocycles. The molecule has 0 aromatic heterocycles. The van der Waals surface area contributed by atoms with Crippen LogP contribution in [0.1, 0.15) is 99.3 Å². The van der Waals surface area contributed by atoms with E-state index in [-0.39, 0.29) is 46.8 Å². The molecule has 9 fully saturated rings. The van der Waals surface area contributed by atoms with E-state index in [0.717, 1.165) is 25.7 Å². The van der Waals surface area contributed by atoms with Gasteiger partial charge in [-0.15, -0.1) is 0 Å². The first-order chi connectivity index (χ1) is 20.2. The van der Waals surface area contributed by atoms with Crippen LogP contribution in [0.3, 0.4) is 0 Å². The number of epoxide rings is 1. The molecule has 0 bridgehead atoms. The standard InChI is InChI=1S/C35H54O8/c1-18-13-35(28-32(6,43-28)17-40-35)42-20-14-31(5)22-8-7-21-29(2,3)23(41-27-26(38)25(37)19(36)15-39-27)9-10-33(21)16-34(22,33)12-11-30(31,4)24(18)20/h18-28,36-38H,7-17H2,1-6H3/t18-,19-,20+,21+,22+,23?,24+,25+,26-,27+,28+,30-,31+,32+,33-,34+,35?/m1/s1. The van der Waals surface area contributed by atoms with Crippen LogP contribution in [0.15, 0.2) is 0 Å². The molecule has 0 radical (unpaired) electrons. The second-order valence-corrected chi connectivity index (χ2v) is 18.2. The number of rotatable bonds is 2. The molecule has 0 aromatic carbocycles.